The molecular formula is C25H22N4O. The lowest BCUT2D eigenvalue weighted by molar-refractivity contribution is 0.0943. The molecule has 0 spiro atoms. The van der Waals surface area contributed by atoms with Crippen LogP contribution in [0, 0.1) is 0 Å². The van der Waals surface area contributed by atoms with Crippen molar-refractivity contribution in [3.8, 4) is 0 Å². The zero-order chi connectivity index (χ0) is 20.6. The second kappa shape index (κ2) is 9.47. The predicted octanol–water partition coefficient (Wildman–Crippen LogP) is 4.61. The van der Waals surface area contributed by atoms with Crippen LogP contribution in [0.15, 0.2) is 104 Å². The Morgan fingerprint density at radius 2 is 1.40 bits per heavy atom. The summed E-state index contributed by atoms with van der Waals surface area (Å²) in [5, 5.41) is 6.44. The maximum Gasteiger partial charge on any atom is 0.255 e. The van der Waals surface area contributed by atoms with Gasteiger partial charge in [0.15, 0.2) is 0 Å². The number of nitrogens with zero attached hydrogens (tertiary/aromatic N) is 2. The van der Waals surface area contributed by atoms with Gasteiger partial charge in [0.05, 0.1) is 11.6 Å². The summed E-state index contributed by atoms with van der Waals surface area (Å²) >= 11 is 0. The Morgan fingerprint density at radius 1 is 0.767 bits per heavy atom. The molecule has 5 heteroatoms. The first kappa shape index (κ1) is 19.3. The number of carbonyl (C=O) groups is 1. The Balaban J connectivity index is 1.57. The molecule has 30 heavy (non-hydrogen) atoms. The van der Waals surface area contributed by atoms with Crippen LogP contribution in [-0.2, 0) is 6.54 Å². The SMILES string of the molecule is O=C(NC(c1ccccc1)c1ccccc1)c1cccnc1NCc1ccncc1. The molecule has 0 saturated carbocycles. The normalized spacial score (nSPS) is 10.6. The first-order chi connectivity index (χ1) is 14.8. The number of benzene rings is 2. The number of carbonyl (C=O) groups excluding carboxylic acids is 1. The van der Waals surface area contributed by atoms with Crippen LogP contribution in [0.3, 0.4) is 0 Å². The van der Waals surface area contributed by atoms with Gasteiger partial charge in [-0.15, -0.1) is 0 Å². The first-order valence-corrected chi connectivity index (χ1v) is 9.80. The largest absolute Gasteiger partial charge is 0.365 e. The van der Waals surface area contributed by atoms with E-state index >= 15 is 0 Å². The number of pyridine rings is 2. The van der Waals surface area contributed by atoms with Crippen LogP contribution >= 0.6 is 0 Å². The molecule has 0 saturated heterocycles. The monoisotopic (exact) mass is 394 g/mol. The Kier molecular flexibility index (Phi) is 6.11. The number of amides is 1. The average molecular weight is 394 g/mol. The molecule has 4 rings (SSSR count). The van der Waals surface area contributed by atoms with E-state index in [4.69, 9.17) is 0 Å². The van der Waals surface area contributed by atoms with E-state index in [1.807, 2.05) is 72.8 Å². The van der Waals surface area contributed by atoms with E-state index in [0.29, 0.717) is 17.9 Å². The minimum absolute atomic E-state index is 0.182. The van der Waals surface area contributed by atoms with E-state index < -0.39 is 0 Å². The third-order valence-corrected chi connectivity index (χ3v) is 4.80. The molecule has 2 aromatic carbocycles. The van der Waals surface area contributed by atoms with Crippen LogP contribution in [0.25, 0.3) is 0 Å². The van der Waals surface area contributed by atoms with E-state index in [1.165, 1.54) is 0 Å². The lowest BCUT2D eigenvalue weighted by Gasteiger charge is -2.21. The lowest BCUT2D eigenvalue weighted by Crippen LogP contribution is -2.30. The second-order valence-electron chi connectivity index (χ2n) is 6.84. The molecule has 0 bridgehead atoms. The summed E-state index contributed by atoms with van der Waals surface area (Å²) in [4.78, 5) is 21.6. The molecule has 148 valence electrons. The van der Waals surface area contributed by atoms with Crippen molar-refractivity contribution in [1.29, 1.82) is 0 Å². The zero-order valence-corrected chi connectivity index (χ0v) is 16.4. The topological polar surface area (TPSA) is 66.9 Å². The van der Waals surface area contributed by atoms with Gasteiger partial charge in [-0.1, -0.05) is 60.7 Å². The third-order valence-electron chi connectivity index (χ3n) is 4.80. The minimum atomic E-state index is -0.256. The van der Waals surface area contributed by atoms with Crippen molar-refractivity contribution in [3.63, 3.8) is 0 Å². The molecule has 1 amide bonds. The van der Waals surface area contributed by atoms with Gasteiger partial charge in [0.1, 0.15) is 5.82 Å². The number of nitrogens with one attached hydrogen (secondary N) is 2. The summed E-state index contributed by atoms with van der Waals surface area (Å²) in [6, 6.07) is 27.1. The van der Waals surface area contributed by atoms with Crippen LogP contribution in [0.2, 0.25) is 0 Å². The summed E-state index contributed by atoms with van der Waals surface area (Å²) in [6.07, 6.45) is 5.16. The molecule has 0 unspecified atom stereocenters. The van der Waals surface area contributed by atoms with Crippen LogP contribution in [-0.4, -0.2) is 15.9 Å². The van der Waals surface area contributed by atoms with Crippen molar-refractivity contribution in [2.75, 3.05) is 5.32 Å². The van der Waals surface area contributed by atoms with Gasteiger partial charge in [-0.3, -0.25) is 9.78 Å². The first-order valence-electron chi connectivity index (χ1n) is 9.80. The van der Waals surface area contributed by atoms with E-state index in [2.05, 4.69) is 20.6 Å². The Labute approximate surface area is 175 Å². The lowest BCUT2D eigenvalue weighted by atomic mass is 9.98. The van der Waals surface area contributed by atoms with Crippen molar-refractivity contribution in [2.45, 2.75) is 12.6 Å². The van der Waals surface area contributed by atoms with E-state index in [9.17, 15) is 4.79 Å². The summed E-state index contributed by atoms with van der Waals surface area (Å²) in [5.41, 5.74) is 3.61. The molecule has 0 aliphatic heterocycles. The molecule has 0 aliphatic rings. The van der Waals surface area contributed by atoms with Gasteiger partial charge in [-0.25, -0.2) is 4.98 Å². The Bertz CT molecular complexity index is 1050. The molecule has 2 N–H and O–H groups in total. The number of aromatic nitrogens is 2. The number of rotatable bonds is 7. The van der Waals surface area contributed by atoms with Gasteiger partial charge in [0.2, 0.25) is 0 Å². The van der Waals surface area contributed by atoms with Crippen LogP contribution in [0.1, 0.15) is 33.1 Å². The molecule has 2 heterocycles. The highest BCUT2D eigenvalue weighted by molar-refractivity contribution is 5.99. The minimum Gasteiger partial charge on any atom is -0.365 e. The standard InChI is InChI=1S/C25H22N4O/c30-25(22-12-7-15-27-24(22)28-18-19-13-16-26-17-14-19)29-23(20-8-3-1-4-9-20)21-10-5-2-6-11-21/h1-17,23H,18H2,(H,27,28)(H,29,30). The zero-order valence-electron chi connectivity index (χ0n) is 16.4. The van der Waals surface area contributed by atoms with Crippen molar-refractivity contribution < 1.29 is 4.79 Å². The highest BCUT2D eigenvalue weighted by Crippen LogP contribution is 2.23. The molecule has 2 aromatic heterocycles. The number of hydrogen-bond acceptors (Lipinski definition) is 4. The molecule has 0 fully saturated rings. The number of anilines is 1. The molecule has 0 aliphatic carbocycles. The Hall–Kier alpha value is -3.99. The van der Waals surface area contributed by atoms with Gasteiger partial charge >= 0.3 is 0 Å². The maximum absolute atomic E-state index is 13.2. The van der Waals surface area contributed by atoms with E-state index in [1.54, 1.807) is 30.7 Å². The third kappa shape index (κ3) is 4.70. The second-order valence-corrected chi connectivity index (χ2v) is 6.84. The van der Waals surface area contributed by atoms with Crippen molar-refractivity contribution in [1.82, 2.24) is 15.3 Å². The van der Waals surface area contributed by atoms with E-state index in [-0.39, 0.29) is 11.9 Å². The molecule has 0 radical (unpaired) electrons. The number of hydrogen-bond donors (Lipinski definition) is 2. The van der Waals surface area contributed by atoms with Gasteiger partial charge in [-0.2, -0.15) is 0 Å². The summed E-state index contributed by atoms with van der Waals surface area (Å²) in [7, 11) is 0. The Morgan fingerprint density at radius 3 is 2.03 bits per heavy atom. The average Bonchev–Trinajstić information content (AvgIpc) is 2.83. The predicted molar refractivity (Wildman–Crippen MR) is 118 cm³/mol. The molecule has 5 nitrogen and oxygen atoms in total. The fourth-order valence-corrected chi connectivity index (χ4v) is 3.27. The molecule has 0 atom stereocenters. The van der Waals surface area contributed by atoms with Crippen LogP contribution in [0.5, 0.6) is 0 Å². The van der Waals surface area contributed by atoms with Crippen molar-refractivity contribution in [2.24, 2.45) is 0 Å². The van der Waals surface area contributed by atoms with Crippen LogP contribution < -0.4 is 10.6 Å². The summed E-state index contributed by atoms with van der Waals surface area (Å²) in [5.74, 6) is 0.365. The summed E-state index contributed by atoms with van der Waals surface area (Å²) < 4.78 is 0. The maximum atomic E-state index is 13.2. The van der Waals surface area contributed by atoms with Gasteiger partial charge < -0.3 is 10.6 Å². The quantitative estimate of drug-likeness (QED) is 0.480. The van der Waals surface area contributed by atoms with Crippen LogP contribution in [0.4, 0.5) is 5.82 Å². The van der Waals surface area contributed by atoms with Crippen molar-refractivity contribution >= 4 is 11.7 Å². The van der Waals surface area contributed by atoms with Crippen molar-refractivity contribution in [3.05, 3.63) is 126 Å². The highest BCUT2D eigenvalue weighted by atomic mass is 16.1. The van der Waals surface area contributed by atoms with E-state index in [0.717, 1.165) is 16.7 Å². The van der Waals surface area contributed by atoms with Gasteiger partial charge in [-0.05, 0) is 41.0 Å². The highest BCUT2D eigenvalue weighted by Gasteiger charge is 2.20. The van der Waals surface area contributed by atoms with Gasteiger partial charge in [0.25, 0.3) is 5.91 Å². The molecular weight excluding hydrogens is 372 g/mol. The fourth-order valence-electron chi connectivity index (χ4n) is 3.27. The smallest absolute Gasteiger partial charge is 0.255 e. The molecule has 4 aromatic rings. The van der Waals surface area contributed by atoms with Gasteiger partial charge in [0, 0.05) is 25.1 Å². The summed E-state index contributed by atoms with van der Waals surface area (Å²) in [6.45, 7) is 0.556. The fraction of sp³-hybridized carbons (Fsp3) is 0.0800.